The van der Waals surface area contributed by atoms with Crippen molar-refractivity contribution in [1.29, 1.82) is 0 Å². The second-order valence-electron chi connectivity index (χ2n) is 9.02. The molecule has 2 aliphatic rings. The van der Waals surface area contributed by atoms with Gasteiger partial charge in [0.05, 0.1) is 12.1 Å². The molecule has 0 saturated carbocycles. The molecule has 3 heterocycles. The molecule has 8 nitrogen and oxygen atoms in total. The Balaban J connectivity index is 1.42. The molecule has 2 aliphatic heterocycles. The van der Waals surface area contributed by atoms with Gasteiger partial charge in [0.2, 0.25) is 0 Å². The van der Waals surface area contributed by atoms with E-state index in [-0.39, 0.29) is 18.2 Å². The Morgan fingerprint density at radius 2 is 2.13 bits per heavy atom. The largest absolute Gasteiger partial charge is 0.491 e. The fraction of sp³-hybridized carbons (Fsp3) is 0.667. The number of hydrogen-bond acceptors (Lipinski definition) is 6. The Labute approximate surface area is 185 Å². The zero-order valence-electron chi connectivity index (χ0n) is 17.8. The van der Waals surface area contributed by atoms with Crippen molar-refractivity contribution in [1.82, 2.24) is 19.9 Å². The zero-order valence-corrected chi connectivity index (χ0v) is 19.4. The summed E-state index contributed by atoms with van der Waals surface area (Å²) >= 11 is 3.58. The van der Waals surface area contributed by atoms with Crippen molar-refractivity contribution < 1.29 is 19.0 Å². The second-order valence-corrected chi connectivity index (χ2v) is 9.93. The molecule has 0 spiro atoms. The number of carbonyl (C=O) groups is 1. The van der Waals surface area contributed by atoms with E-state index in [1.165, 1.54) is 0 Å². The Hall–Kier alpha value is -1.87. The summed E-state index contributed by atoms with van der Waals surface area (Å²) < 4.78 is 20.3. The molecule has 0 bridgehead atoms. The lowest BCUT2D eigenvalue weighted by molar-refractivity contribution is -0.0377. The number of halogens is 1. The number of aromatic nitrogens is 3. The van der Waals surface area contributed by atoms with E-state index in [1.54, 1.807) is 4.90 Å². The third kappa shape index (κ3) is 4.88. The van der Waals surface area contributed by atoms with Crippen LogP contribution in [-0.4, -0.2) is 57.9 Å². The van der Waals surface area contributed by atoms with Crippen molar-refractivity contribution >= 4 is 33.1 Å². The summed E-state index contributed by atoms with van der Waals surface area (Å²) in [5, 5.41) is 8.71. The van der Waals surface area contributed by atoms with E-state index in [0.29, 0.717) is 25.4 Å². The molecule has 0 radical (unpaired) electrons. The molecular formula is C21H29BrN4O4. The fourth-order valence-corrected chi connectivity index (χ4v) is 4.31. The number of rotatable bonds is 4. The van der Waals surface area contributed by atoms with E-state index in [2.05, 4.69) is 26.2 Å². The van der Waals surface area contributed by atoms with Crippen LogP contribution in [0.25, 0.3) is 11.0 Å². The lowest BCUT2D eigenvalue weighted by Gasteiger charge is -2.24. The summed E-state index contributed by atoms with van der Waals surface area (Å²) in [5.41, 5.74) is 1.14. The van der Waals surface area contributed by atoms with Gasteiger partial charge >= 0.3 is 6.09 Å². The summed E-state index contributed by atoms with van der Waals surface area (Å²) in [7, 11) is 0. The number of carbonyl (C=O) groups excluding carboxylic acids is 1. The van der Waals surface area contributed by atoms with Crippen molar-refractivity contribution in [3.63, 3.8) is 0 Å². The van der Waals surface area contributed by atoms with Crippen molar-refractivity contribution in [2.24, 2.45) is 5.92 Å². The number of likely N-dealkylation sites (tertiary alicyclic amines) is 1. The first kappa shape index (κ1) is 21.4. The standard InChI is InChI=1S/C21H29BrN4O4/c1-21(2,3)30-20(27)25-8-7-14(12-25)13-29-17-11-15(22)10-16-19(17)23-24-26(16)18-6-4-5-9-28-18/h10-11,14,18H,4-9,12-13H2,1-3H3/t14-,18?/m0/s1. The third-order valence-corrected chi connectivity index (χ3v) is 5.81. The molecule has 1 amide bonds. The van der Waals surface area contributed by atoms with Gasteiger partial charge in [-0.25, -0.2) is 9.48 Å². The van der Waals surface area contributed by atoms with Crippen LogP contribution in [0.4, 0.5) is 4.79 Å². The fourth-order valence-electron chi connectivity index (χ4n) is 3.88. The van der Waals surface area contributed by atoms with Crippen LogP contribution in [-0.2, 0) is 9.47 Å². The van der Waals surface area contributed by atoms with E-state index in [0.717, 1.165) is 47.8 Å². The summed E-state index contributed by atoms with van der Waals surface area (Å²) in [6.07, 6.45) is 3.69. The molecule has 2 atom stereocenters. The third-order valence-electron chi connectivity index (χ3n) is 5.35. The first-order valence-electron chi connectivity index (χ1n) is 10.6. The maximum Gasteiger partial charge on any atom is 0.410 e. The minimum Gasteiger partial charge on any atom is -0.491 e. The van der Waals surface area contributed by atoms with Gasteiger partial charge in [-0.2, -0.15) is 0 Å². The van der Waals surface area contributed by atoms with E-state index in [1.807, 2.05) is 37.6 Å². The minimum absolute atomic E-state index is 0.0804. The summed E-state index contributed by atoms with van der Waals surface area (Å²) in [5.74, 6) is 0.945. The smallest absolute Gasteiger partial charge is 0.410 e. The average Bonchev–Trinajstić information content (AvgIpc) is 3.32. The van der Waals surface area contributed by atoms with Gasteiger partial charge in [-0.05, 0) is 58.6 Å². The van der Waals surface area contributed by atoms with Gasteiger partial charge in [0.15, 0.2) is 11.7 Å². The van der Waals surface area contributed by atoms with E-state index in [4.69, 9.17) is 14.2 Å². The summed E-state index contributed by atoms with van der Waals surface area (Å²) in [6, 6.07) is 3.92. The lowest BCUT2D eigenvalue weighted by Crippen LogP contribution is -2.35. The van der Waals surface area contributed by atoms with Gasteiger partial charge in [-0.3, -0.25) is 0 Å². The van der Waals surface area contributed by atoms with Gasteiger partial charge in [-0.15, -0.1) is 5.10 Å². The topological polar surface area (TPSA) is 78.7 Å². The Bertz CT molecular complexity index is 904. The maximum absolute atomic E-state index is 12.3. The molecule has 4 rings (SSSR count). The molecule has 0 N–H and O–H groups in total. The molecule has 1 aromatic heterocycles. The first-order valence-corrected chi connectivity index (χ1v) is 11.4. The van der Waals surface area contributed by atoms with E-state index in [9.17, 15) is 4.79 Å². The van der Waals surface area contributed by atoms with Gasteiger partial charge in [0.1, 0.15) is 11.4 Å². The quantitative estimate of drug-likeness (QED) is 0.639. The first-order chi connectivity index (χ1) is 14.3. The number of hydrogen-bond donors (Lipinski definition) is 0. The van der Waals surface area contributed by atoms with Crippen molar-refractivity contribution in [2.75, 3.05) is 26.3 Å². The molecular weight excluding hydrogens is 452 g/mol. The highest BCUT2D eigenvalue weighted by molar-refractivity contribution is 9.10. The molecule has 1 unspecified atom stereocenters. The Kier molecular flexibility index (Phi) is 6.20. The van der Waals surface area contributed by atoms with Crippen molar-refractivity contribution in [3.05, 3.63) is 16.6 Å². The van der Waals surface area contributed by atoms with Gasteiger partial charge in [-0.1, -0.05) is 21.1 Å². The molecule has 0 aliphatic carbocycles. The van der Waals surface area contributed by atoms with Gasteiger partial charge < -0.3 is 19.1 Å². The number of benzene rings is 1. The Morgan fingerprint density at radius 3 is 2.87 bits per heavy atom. The van der Waals surface area contributed by atoms with Crippen LogP contribution in [0, 0.1) is 5.92 Å². The molecule has 1 aromatic carbocycles. The second kappa shape index (κ2) is 8.70. The monoisotopic (exact) mass is 480 g/mol. The molecule has 2 aromatic rings. The predicted molar refractivity (Wildman–Crippen MR) is 115 cm³/mol. The maximum atomic E-state index is 12.3. The highest BCUT2D eigenvalue weighted by Crippen LogP contribution is 2.33. The molecule has 164 valence electrons. The van der Waals surface area contributed by atoms with Crippen LogP contribution < -0.4 is 4.74 Å². The lowest BCUT2D eigenvalue weighted by atomic mass is 10.1. The predicted octanol–water partition coefficient (Wildman–Crippen LogP) is 4.53. The normalized spacial score (nSPS) is 22.5. The van der Waals surface area contributed by atoms with Crippen LogP contribution >= 0.6 is 15.9 Å². The Morgan fingerprint density at radius 1 is 1.30 bits per heavy atom. The van der Waals surface area contributed by atoms with Crippen LogP contribution in [0.3, 0.4) is 0 Å². The number of nitrogens with zero attached hydrogens (tertiary/aromatic N) is 4. The van der Waals surface area contributed by atoms with E-state index >= 15 is 0 Å². The summed E-state index contributed by atoms with van der Waals surface area (Å²) in [6.45, 7) is 8.22. The number of fused-ring (bicyclic) bond motifs is 1. The zero-order chi connectivity index (χ0) is 21.3. The molecule has 30 heavy (non-hydrogen) atoms. The van der Waals surface area contributed by atoms with Crippen molar-refractivity contribution in [3.8, 4) is 5.75 Å². The highest BCUT2D eigenvalue weighted by Gasteiger charge is 2.30. The van der Waals surface area contributed by atoms with E-state index < -0.39 is 5.60 Å². The molecule has 2 saturated heterocycles. The summed E-state index contributed by atoms with van der Waals surface area (Å²) in [4.78, 5) is 14.0. The molecule has 9 heteroatoms. The molecule has 2 fully saturated rings. The van der Waals surface area contributed by atoms with Crippen LogP contribution in [0.15, 0.2) is 16.6 Å². The highest BCUT2D eigenvalue weighted by atomic mass is 79.9. The van der Waals surface area contributed by atoms with Crippen LogP contribution in [0.5, 0.6) is 5.75 Å². The minimum atomic E-state index is -0.485. The van der Waals surface area contributed by atoms with Crippen LogP contribution in [0.1, 0.15) is 52.7 Å². The van der Waals surface area contributed by atoms with Crippen molar-refractivity contribution in [2.45, 2.75) is 58.3 Å². The number of amides is 1. The van der Waals surface area contributed by atoms with Gasteiger partial charge in [0, 0.05) is 30.1 Å². The van der Waals surface area contributed by atoms with Crippen LogP contribution in [0.2, 0.25) is 0 Å². The van der Waals surface area contributed by atoms with Gasteiger partial charge in [0.25, 0.3) is 0 Å². The SMILES string of the molecule is CC(C)(C)OC(=O)N1CC[C@H](COc2cc(Br)cc3c2nnn3C2CCCCO2)C1. The average molecular weight is 481 g/mol. The number of ether oxygens (including phenoxy) is 3.